The number of hydrogen-bond donors (Lipinski definition) is 0. The zero-order valence-electron chi connectivity index (χ0n) is 13.8. The predicted octanol–water partition coefficient (Wildman–Crippen LogP) is 4.73. The quantitative estimate of drug-likeness (QED) is 0.630. The third-order valence-electron chi connectivity index (χ3n) is 3.94. The molecule has 0 aliphatic heterocycles. The number of amides is 1. The Hall–Kier alpha value is -2.33. The normalized spacial score (nSPS) is 11.0. The highest BCUT2D eigenvalue weighted by Crippen LogP contribution is 2.23. The van der Waals surface area contributed by atoms with Crippen molar-refractivity contribution in [2.24, 2.45) is 0 Å². The van der Waals surface area contributed by atoms with Gasteiger partial charge in [0.25, 0.3) is 0 Å². The van der Waals surface area contributed by atoms with Crippen molar-refractivity contribution in [2.75, 3.05) is 0 Å². The van der Waals surface area contributed by atoms with Crippen LogP contribution in [-0.2, 0) is 17.9 Å². The molecule has 2 heterocycles. The van der Waals surface area contributed by atoms with Crippen molar-refractivity contribution in [3.8, 4) is 0 Å². The Kier molecular flexibility index (Phi) is 4.86. The highest BCUT2D eigenvalue weighted by atomic mass is 35.5. The largest absolute Gasteiger partial charge is 0.467 e. The molecule has 1 amide bonds. The van der Waals surface area contributed by atoms with Gasteiger partial charge >= 0.3 is 0 Å². The third kappa shape index (κ3) is 3.60. The van der Waals surface area contributed by atoms with E-state index in [1.807, 2.05) is 50.2 Å². The zero-order valence-corrected chi connectivity index (χ0v) is 14.5. The highest BCUT2D eigenvalue weighted by molar-refractivity contribution is 6.30. The van der Waals surface area contributed by atoms with E-state index < -0.39 is 0 Å². The number of nitrogens with zero attached hydrogens (tertiary/aromatic N) is 2. The van der Waals surface area contributed by atoms with Crippen LogP contribution in [0.15, 0.2) is 47.1 Å². The molecule has 0 N–H and O–H groups in total. The number of aryl methyl sites for hydroxylation is 1. The van der Waals surface area contributed by atoms with Crippen LogP contribution in [0.5, 0.6) is 0 Å². The van der Waals surface area contributed by atoms with E-state index in [1.54, 1.807) is 11.2 Å². The van der Waals surface area contributed by atoms with Crippen molar-refractivity contribution >= 4 is 28.4 Å². The SMILES string of the molecule is CCC(=O)N(Cc1ccco1)Cc1cc2ccc(C)cc2nc1Cl. The summed E-state index contributed by atoms with van der Waals surface area (Å²) in [6, 6.07) is 11.7. The summed E-state index contributed by atoms with van der Waals surface area (Å²) in [6.07, 6.45) is 2.04. The molecule has 124 valence electrons. The summed E-state index contributed by atoms with van der Waals surface area (Å²) < 4.78 is 5.37. The van der Waals surface area contributed by atoms with E-state index >= 15 is 0 Å². The first kappa shape index (κ1) is 16.5. The van der Waals surface area contributed by atoms with Crippen molar-refractivity contribution in [1.82, 2.24) is 9.88 Å². The van der Waals surface area contributed by atoms with E-state index in [2.05, 4.69) is 4.98 Å². The number of pyridine rings is 1. The van der Waals surface area contributed by atoms with Gasteiger partial charge in [0.15, 0.2) is 0 Å². The van der Waals surface area contributed by atoms with Gasteiger partial charge < -0.3 is 9.32 Å². The molecule has 3 aromatic rings. The Bertz CT molecular complexity index is 859. The van der Waals surface area contributed by atoms with Gasteiger partial charge in [-0.3, -0.25) is 4.79 Å². The topological polar surface area (TPSA) is 46.3 Å². The summed E-state index contributed by atoms with van der Waals surface area (Å²) in [4.78, 5) is 18.5. The van der Waals surface area contributed by atoms with Gasteiger partial charge in [-0.05, 0) is 36.8 Å². The molecule has 0 saturated carbocycles. The number of halogens is 1. The average Bonchev–Trinajstić information content (AvgIpc) is 3.07. The maximum atomic E-state index is 12.3. The average molecular weight is 343 g/mol. The minimum absolute atomic E-state index is 0.0477. The fourth-order valence-electron chi connectivity index (χ4n) is 2.66. The van der Waals surface area contributed by atoms with Crippen molar-refractivity contribution in [3.63, 3.8) is 0 Å². The lowest BCUT2D eigenvalue weighted by molar-refractivity contribution is -0.132. The minimum Gasteiger partial charge on any atom is -0.467 e. The molecule has 2 aromatic heterocycles. The molecule has 24 heavy (non-hydrogen) atoms. The van der Waals surface area contributed by atoms with Gasteiger partial charge in [-0.2, -0.15) is 0 Å². The van der Waals surface area contributed by atoms with Crippen LogP contribution in [0.1, 0.15) is 30.2 Å². The first-order chi connectivity index (χ1) is 11.6. The molecule has 0 atom stereocenters. The molecule has 0 spiro atoms. The maximum absolute atomic E-state index is 12.3. The second-order valence-electron chi connectivity index (χ2n) is 5.82. The van der Waals surface area contributed by atoms with Crippen LogP contribution in [0.3, 0.4) is 0 Å². The molecule has 0 radical (unpaired) electrons. The number of fused-ring (bicyclic) bond motifs is 1. The first-order valence-corrected chi connectivity index (χ1v) is 8.30. The smallest absolute Gasteiger partial charge is 0.222 e. The Labute approximate surface area is 146 Å². The Balaban J connectivity index is 1.91. The van der Waals surface area contributed by atoms with Crippen molar-refractivity contribution in [1.29, 1.82) is 0 Å². The standard InChI is InChI=1S/C19H19ClN2O2/c1-3-18(23)22(12-16-5-4-8-24-16)11-15-10-14-7-6-13(2)9-17(14)21-19(15)20/h4-10H,3,11-12H2,1-2H3. The highest BCUT2D eigenvalue weighted by Gasteiger charge is 2.16. The Morgan fingerprint density at radius 3 is 2.79 bits per heavy atom. The molecule has 0 aliphatic carbocycles. The summed E-state index contributed by atoms with van der Waals surface area (Å²) in [5.74, 6) is 0.795. The van der Waals surface area contributed by atoms with Crippen molar-refractivity contribution < 1.29 is 9.21 Å². The van der Waals surface area contributed by atoms with Crippen LogP contribution in [0, 0.1) is 6.92 Å². The van der Waals surface area contributed by atoms with E-state index in [-0.39, 0.29) is 5.91 Å². The monoisotopic (exact) mass is 342 g/mol. The molecule has 0 bridgehead atoms. The van der Waals surface area contributed by atoms with Gasteiger partial charge in [0, 0.05) is 23.9 Å². The lowest BCUT2D eigenvalue weighted by Crippen LogP contribution is -2.29. The molecule has 3 rings (SSSR count). The summed E-state index contributed by atoms with van der Waals surface area (Å²) in [7, 11) is 0. The number of furan rings is 1. The third-order valence-corrected chi connectivity index (χ3v) is 4.27. The van der Waals surface area contributed by atoms with Gasteiger partial charge in [-0.25, -0.2) is 4.98 Å². The number of hydrogen-bond acceptors (Lipinski definition) is 3. The molecular weight excluding hydrogens is 324 g/mol. The number of carbonyl (C=O) groups excluding carboxylic acids is 1. The molecule has 1 aromatic carbocycles. The Morgan fingerprint density at radius 2 is 2.08 bits per heavy atom. The fourth-order valence-corrected chi connectivity index (χ4v) is 2.87. The van der Waals surface area contributed by atoms with Crippen LogP contribution in [0.4, 0.5) is 0 Å². The molecule has 4 nitrogen and oxygen atoms in total. The van der Waals surface area contributed by atoms with E-state index in [4.69, 9.17) is 16.0 Å². The van der Waals surface area contributed by atoms with Crippen molar-refractivity contribution in [2.45, 2.75) is 33.4 Å². The predicted molar refractivity (Wildman–Crippen MR) is 94.7 cm³/mol. The van der Waals surface area contributed by atoms with E-state index in [9.17, 15) is 4.79 Å². The summed E-state index contributed by atoms with van der Waals surface area (Å²) in [5.41, 5.74) is 2.84. The summed E-state index contributed by atoms with van der Waals surface area (Å²) >= 11 is 6.36. The second kappa shape index (κ2) is 7.05. The molecule has 0 unspecified atom stereocenters. The maximum Gasteiger partial charge on any atom is 0.222 e. The summed E-state index contributed by atoms with van der Waals surface area (Å²) in [5, 5.41) is 1.45. The number of benzene rings is 1. The molecule has 0 aliphatic rings. The van der Waals surface area contributed by atoms with E-state index in [0.29, 0.717) is 24.7 Å². The van der Waals surface area contributed by atoms with Crippen molar-refractivity contribution in [3.05, 3.63) is 64.7 Å². The van der Waals surface area contributed by atoms with Gasteiger partial charge in [0.2, 0.25) is 5.91 Å². The molecule has 0 fully saturated rings. The van der Waals surface area contributed by atoms with Crippen LogP contribution < -0.4 is 0 Å². The number of aromatic nitrogens is 1. The van der Waals surface area contributed by atoms with Gasteiger partial charge in [0.05, 0.1) is 18.3 Å². The van der Waals surface area contributed by atoms with Gasteiger partial charge in [-0.1, -0.05) is 30.7 Å². The molecule has 5 heteroatoms. The molecular formula is C19H19ClN2O2. The van der Waals surface area contributed by atoms with Crippen LogP contribution in [-0.4, -0.2) is 15.8 Å². The summed E-state index contributed by atoms with van der Waals surface area (Å²) in [6.45, 7) is 4.69. The van der Waals surface area contributed by atoms with Gasteiger partial charge in [-0.15, -0.1) is 0 Å². The van der Waals surface area contributed by atoms with Gasteiger partial charge in [0.1, 0.15) is 10.9 Å². The second-order valence-corrected chi connectivity index (χ2v) is 6.18. The lowest BCUT2D eigenvalue weighted by atomic mass is 10.1. The number of rotatable bonds is 5. The Morgan fingerprint density at radius 1 is 1.25 bits per heavy atom. The van der Waals surface area contributed by atoms with Crippen LogP contribution in [0.2, 0.25) is 5.15 Å². The van der Waals surface area contributed by atoms with Crippen LogP contribution >= 0.6 is 11.6 Å². The van der Waals surface area contributed by atoms with E-state index in [1.165, 1.54) is 0 Å². The van der Waals surface area contributed by atoms with Crippen LogP contribution in [0.25, 0.3) is 10.9 Å². The number of carbonyl (C=O) groups is 1. The fraction of sp³-hybridized carbons (Fsp3) is 0.263. The first-order valence-electron chi connectivity index (χ1n) is 7.92. The zero-order chi connectivity index (χ0) is 17.1. The lowest BCUT2D eigenvalue weighted by Gasteiger charge is -2.22. The minimum atomic E-state index is 0.0477. The molecule has 0 saturated heterocycles. The van der Waals surface area contributed by atoms with E-state index in [0.717, 1.165) is 27.8 Å².